The summed E-state index contributed by atoms with van der Waals surface area (Å²) in [4.78, 5) is 13.8. The topological polar surface area (TPSA) is 68.0 Å². The van der Waals surface area contributed by atoms with Crippen LogP contribution in [-0.2, 0) is 20.0 Å². The molecule has 0 aliphatic carbocycles. The van der Waals surface area contributed by atoms with Crippen LogP contribution < -0.4 is 5.32 Å². The third-order valence-electron chi connectivity index (χ3n) is 3.85. The minimum absolute atomic E-state index is 0.105. The molecule has 0 saturated heterocycles. The van der Waals surface area contributed by atoms with Crippen molar-refractivity contribution in [3.8, 4) is 5.69 Å². The number of para-hydroxylation sites is 1. The van der Waals surface area contributed by atoms with E-state index in [1.165, 1.54) is 0 Å². The Bertz CT molecular complexity index is 823. The molecule has 0 radical (unpaired) electrons. The molecule has 1 aromatic carbocycles. The molecule has 0 unspecified atom stereocenters. The molecule has 0 spiro atoms. The molecule has 130 valence electrons. The zero-order chi connectivity index (χ0) is 17.6. The summed E-state index contributed by atoms with van der Waals surface area (Å²) in [6.07, 6.45) is 6.29. The second-order valence-corrected chi connectivity index (χ2v) is 5.95. The number of aromatic nitrogens is 4. The summed E-state index contributed by atoms with van der Waals surface area (Å²) in [5, 5.41) is 11.6. The van der Waals surface area contributed by atoms with Crippen LogP contribution in [0.1, 0.15) is 11.3 Å². The van der Waals surface area contributed by atoms with Crippen molar-refractivity contribution in [3.05, 3.63) is 66.2 Å². The molecule has 25 heavy (non-hydrogen) atoms. The third kappa shape index (κ3) is 4.47. The molecule has 3 rings (SSSR count). The van der Waals surface area contributed by atoms with E-state index in [-0.39, 0.29) is 6.03 Å². The van der Waals surface area contributed by atoms with Gasteiger partial charge in [-0.1, -0.05) is 18.2 Å². The normalized spacial score (nSPS) is 10.6. The number of amides is 2. The van der Waals surface area contributed by atoms with Gasteiger partial charge in [0.25, 0.3) is 0 Å². The van der Waals surface area contributed by atoms with Crippen LogP contribution in [0.25, 0.3) is 5.69 Å². The SMILES string of the molecule is CN(Cc1cnn(C)c1)C(=O)NCCc1ccn(-c2ccccc2)n1. The molecule has 2 aromatic heterocycles. The molecule has 2 heterocycles. The van der Waals surface area contributed by atoms with Crippen molar-refractivity contribution in [2.24, 2.45) is 7.05 Å². The molecule has 3 aromatic rings. The van der Waals surface area contributed by atoms with Crippen LogP contribution in [0.2, 0.25) is 0 Å². The summed E-state index contributed by atoms with van der Waals surface area (Å²) in [6.45, 7) is 1.07. The summed E-state index contributed by atoms with van der Waals surface area (Å²) < 4.78 is 3.57. The molecule has 0 fully saturated rings. The van der Waals surface area contributed by atoms with Crippen molar-refractivity contribution in [2.75, 3.05) is 13.6 Å². The van der Waals surface area contributed by atoms with E-state index in [4.69, 9.17) is 0 Å². The fraction of sp³-hybridized carbons (Fsp3) is 0.278. The third-order valence-corrected chi connectivity index (χ3v) is 3.85. The average Bonchev–Trinajstić information content (AvgIpc) is 3.25. The molecule has 0 aliphatic rings. The van der Waals surface area contributed by atoms with Crippen LogP contribution >= 0.6 is 0 Å². The fourth-order valence-corrected chi connectivity index (χ4v) is 2.55. The summed E-state index contributed by atoms with van der Waals surface area (Å²) >= 11 is 0. The van der Waals surface area contributed by atoms with E-state index in [1.807, 2.05) is 60.5 Å². The number of urea groups is 1. The lowest BCUT2D eigenvalue weighted by Gasteiger charge is -2.16. The van der Waals surface area contributed by atoms with E-state index in [9.17, 15) is 4.79 Å². The van der Waals surface area contributed by atoms with Crippen molar-refractivity contribution in [2.45, 2.75) is 13.0 Å². The predicted molar refractivity (Wildman–Crippen MR) is 95.3 cm³/mol. The van der Waals surface area contributed by atoms with E-state index >= 15 is 0 Å². The van der Waals surface area contributed by atoms with Gasteiger partial charge in [-0.2, -0.15) is 10.2 Å². The Morgan fingerprint density at radius 3 is 2.76 bits per heavy atom. The summed E-state index contributed by atoms with van der Waals surface area (Å²) in [6, 6.07) is 11.8. The molecular formula is C18H22N6O. The number of aryl methyl sites for hydroxylation is 1. The highest BCUT2D eigenvalue weighted by molar-refractivity contribution is 5.73. The zero-order valence-electron chi connectivity index (χ0n) is 14.5. The van der Waals surface area contributed by atoms with Gasteiger partial charge in [-0.15, -0.1) is 0 Å². The van der Waals surface area contributed by atoms with E-state index in [1.54, 1.807) is 22.8 Å². The second kappa shape index (κ2) is 7.65. The molecule has 7 nitrogen and oxygen atoms in total. The van der Waals surface area contributed by atoms with E-state index < -0.39 is 0 Å². The molecule has 0 atom stereocenters. The lowest BCUT2D eigenvalue weighted by Crippen LogP contribution is -2.37. The van der Waals surface area contributed by atoms with Crippen LogP contribution in [0, 0.1) is 0 Å². The standard InChI is InChI=1S/C18H22N6O/c1-22(13-15-12-20-23(2)14-15)18(25)19-10-8-16-9-11-24(21-16)17-6-4-3-5-7-17/h3-7,9,11-12,14H,8,10,13H2,1-2H3,(H,19,25). The van der Waals surface area contributed by atoms with Gasteiger partial charge < -0.3 is 10.2 Å². The van der Waals surface area contributed by atoms with Crippen LogP contribution in [0.3, 0.4) is 0 Å². The maximum absolute atomic E-state index is 12.1. The first-order valence-corrected chi connectivity index (χ1v) is 8.18. The first-order chi connectivity index (χ1) is 12.1. The van der Waals surface area contributed by atoms with Crippen molar-refractivity contribution < 1.29 is 4.79 Å². The zero-order valence-corrected chi connectivity index (χ0v) is 14.5. The summed E-state index contributed by atoms with van der Waals surface area (Å²) in [5.74, 6) is 0. The van der Waals surface area contributed by atoms with Gasteiger partial charge in [-0.25, -0.2) is 9.48 Å². The molecule has 0 bridgehead atoms. The number of carbonyl (C=O) groups is 1. The van der Waals surface area contributed by atoms with Crippen LogP contribution in [0.5, 0.6) is 0 Å². The van der Waals surface area contributed by atoms with Crippen molar-refractivity contribution in [3.63, 3.8) is 0 Å². The number of benzene rings is 1. The summed E-state index contributed by atoms with van der Waals surface area (Å²) in [5.41, 5.74) is 2.97. The van der Waals surface area contributed by atoms with Crippen molar-refractivity contribution >= 4 is 6.03 Å². The molecular weight excluding hydrogens is 316 g/mol. The van der Waals surface area contributed by atoms with Crippen LogP contribution in [-0.4, -0.2) is 44.1 Å². The van der Waals surface area contributed by atoms with E-state index in [2.05, 4.69) is 15.5 Å². The Hall–Kier alpha value is -3.09. The van der Waals surface area contributed by atoms with Gasteiger partial charge in [0.05, 0.1) is 24.1 Å². The highest BCUT2D eigenvalue weighted by atomic mass is 16.2. The lowest BCUT2D eigenvalue weighted by molar-refractivity contribution is 0.207. The molecule has 2 amide bonds. The summed E-state index contributed by atoms with van der Waals surface area (Å²) in [7, 11) is 3.63. The maximum Gasteiger partial charge on any atom is 0.317 e. The van der Waals surface area contributed by atoms with Crippen molar-refractivity contribution in [1.82, 2.24) is 29.8 Å². The highest BCUT2D eigenvalue weighted by Crippen LogP contribution is 2.07. The Balaban J connectivity index is 1.46. The molecule has 7 heteroatoms. The van der Waals surface area contributed by atoms with Crippen LogP contribution in [0.4, 0.5) is 4.79 Å². The monoisotopic (exact) mass is 338 g/mol. The largest absolute Gasteiger partial charge is 0.338 e. The number of hydrogen-bond donors (Lipinski definition) is 1. The number of carbonyl (C=O) groups excluding carboxylic acids is 1. The van der Waals surface area contributed by atoms with Gasteiger partial charge in [0, 0.05) is 45.0 Å². The number of hydrogen-bond acceptors (Lipinski definition) is 3. The lowest BCUT2D eigenvalue weighted by atomic mass is 10.3. The number of nitrogens with one attached hydrogen (secondary N) is 1. The van der Waals surface area contributed by atoms with Gasteiger partial charge in [0.2, 0.25) is 0 Å². The average molecular weight is 338 g/mol. The number of nitrogens with zero attached hydrogens (tertiary/aromatic N) is 5. The van der Waals surface area contributed by atoms with Gasteiger partial charge in [-0.05, 0) is 18.2 Å². The Morgan fingerprint density at radius 2 is 2.04 bits per heavy atom. The fourth-order valence-electron chi connectivity index (χ4n) is 2.55. The Morgan fingerprint density at radius 1 is 1.24 bits per heavy atom. The minimum atomic E-state index is -0.105. The van der Waals surface area contributed by atoms with Gasteiger partial charge in [-0.3, -0.25) is 4.68 Å². The molecule has 0 saturated carbocycles. The second-order valence-electron chi connectivity index (χ2n) is 5.95. The Labute approximate surface area is 146 Å². The maximum atomic E-state index is 12.1. The minimum Gasteiger partial charge on any atom is -0.338 e. The quantitative estimate of drug-likeness (QED) is 0.747. The van der Waals surface area contributed by atoms with Gasteiger partial charge >= 0.3 is 6.03 Å². The van der Waals surface area contributed by atoms with Gasteiger partial charge in [0.1, 0.15) is 0 Å². The van der Waals surface area contributed by atoms with Crippen LogP contribution in [0.15, 0.2) is 55.0 Å². The van der Waals surface area contributed by atoms with E-state index in [0.717, 1.165) is 16.9 Å². The first-order valence-electron chi connectivity index (χ1n) is 8.18. The molecule has 0 aliphatic heterocycles. The highest BCUT2D eigenvalue weighted by Gasteiger charge is 2.10. The van der Waals surface area contributed by atoms with Crippen molar-refractivity contribution in [1.29, 1.82) is 0 Å². The number of rotatable bonds is 6. The predicted octanol–water partition coefficient (Wildman–Crippen LogP) is 1.99. The van der Waals surface area contributed by atoms with E-state index in [0.29, 0.717) is 19.5 Å². The Kier molecular flexibility index (Phi) is 5.13. The smallest absolute Gasteiger partial charge is 0.317 e. The first kappa shape index (κ1) is 16.8. The van der Waals surface area contributed by atoms with Gasteiger partial charge in [0.15, 0.2) is 0 Å². The molecule has 1 N–H and O–H groups in total.